The molecule has 0 radical (unpaired) electrons. The number of ketones is 2. The molecule has 0 aliphatic heterocycles. The molecular weight excluding hydrogens is 522 g/mol. The summed E-state index contributed by atoms with van der Waals surface area (Å²) in [6.45, 7) is 1.48. The molecule has 1 aliphatic carbocycles. The minimum absolute atomic E-state index is 0.0526. The number of ether oxygens (including phenoxy) is 2. The maximum atomic E-state index is 13.2. The van der Waals surface area contributed by atoms with Gasteiger partial charge in [0.15, 0.2) is 17.7 Å². The molecule has 1 N–H and O–H groups in total. The van der Waals surface area contributed by atoms with Gasteiger partial charge in [-0.15, -0.1) is 0 Å². The summed E-state index contributed by atoms with van der Waals surface area (Å²) in [5.41, 5.74) is 2.40. The number of para-hydroxylation sites is 2. The highest BCUT2D eigenvalue weighted by Crippen LogP contribution is 2.30. The van der Waals surface area contributed by atoms with Crippen LogP contribution in [0.4, 0.5) is 5.69 Å². The molecule has 1 aliphatic rings. The van der Waals surface area contributed by atoms with Gasteiger partial charge >= 0.3 is 5.97 Å². The second kappa shape index (κ2) is 10.6. The van der Waals surface area contributed by atoms with Crippen LogP contribution in [0.1, 0.15) is 54.9 Å². The van der Waals surface area contributed by atoms with E-state index in [9.17, 15) is 19.2 Å². The number of fused-ring (bicyclic) bond motifs is 3. The Bertz CT molecular complexity index is 1840. The van der Waals surface area contributed by atoms with E-state index in [1.165, 1.54) is 25.1 Å². The highest BCUT2D eigenvalue weighted by atomic mass is 16.6. The number of amides is 1. The first-order valence-corrected chi connectivity index (χ1v) is 12.9. The number of anilines is 1. The van der Waals surface area contributed by atoms with Gasteiger partial charge < -0.3 is 19.2 Å². The zero-order chi connectivity index (χ0) is 28.5. The number of hydrogen-bond donors (Lipinski definition) is 1. The third-order valence-corrected chi connectivity index (χ3v) is 6.86. The molecule has 1 aromatic heterocycles. The van der Waals surface area contributed by atoms with E-state index in [-0.39, 0.29) is 40.7 Å². The van der Waals surface area contributed by atoms with Crippen molar-refractivity contribution < 1.29 is 33.1 Å². The number of carbonyl (C=O) groups is 4. The quantitative estimate of drug-likeness (QED) is 0.246. The van der Waals surface area contributed by atoms with E-state index in [1.54, 1.807) is 48.5 Å². The molecule has 4 aromatic carbocycles. The van der Waals surface area contributed by atoms with E-state index in [0.717, 1.165) is 0 Å². The molecule has 8 nitrogen and oxygen atoms in total. The van der Waals surface area contributed by atoms with Gasteiger partial charge in [-0.2, -0.15) is 0 Å². The summed E-state index contributed by atoms with van der Waals surface area (Å²) in [6.07, 6.45) is -1.20. The Balaban J connectivity index is 1.18. The molecule has 0 bridgehead atoms. The number of carbonyl (C=O) groups excluding carboxylic acids is 4. The van der Waals surface area contributed by atoms with Gasteiger partial charge in [0.25, 0.3) is 5.91 Å². The molecule has 202 valence electrons. The topological polar surface area (TPSA) is 112 Å². The lowest BCUT2D eigenvalue weighted by atomic mass is 9.84. The van der Waals surface area contributed by atoms with Crippen molar-refractivity contribution in [3.8, 4) is 5.75 Å². The molecular formula is C33H23NO7. The first-order valence-electron chi connectivity index (χ1n) is 12.9. The fraction of sp³-hybridized carbons (Fsp3) is 0.0909. The molecule has 0 unspecified atom stereocenters. The predicted molar refractivity (Wildman–Crippen MR) is 150 cm³/mol. The summed E-state index contributed by atoms with van der Waals surface area (Å²) >= 11 is 0. The highest BCUT2D eigenvalue weighted by Gasteiger charge is 2.30. The monoisotopic (exact) mass is 545 g/mol. The standard InChI is InChI=1S/C33H23NO7/c1-19(32(37)34-20-15-16-25-26(17-20)30(36)24-13-6-5-12-23(24)29(25)35)40-33(38)31-27(18-39-21-9-3-2-4-10-21)22-11-7-8-14-28(22)41-31/h2-17,19H,18H2,1H3,(H,34,37)/t19-/m0/s1. The Morgan fingerprint density at radius 1 is 0.780 bits per heavy atom. The largest absolute Gasteiger partial charge is 0.489 e. The van der Waals surface area contributed by atoms with E-state index in [4.69, 9.17) is 13.9 Å². The van der Waals surface area contributed by atoms with Crippen LogP contribution in [0, 0.1) is 0 Å². The fourth-order valence-electron chi connectivity index (χ4n) is 4.77. The Kier molecular flexibility index (Phi) is 6.65. The lowest BCUT2D eigenvalue weighted by Crippen LogP contribution is -2.30. The van der Waals surface area contributed by atoms with E-state index in [0.29, 0.717) is 33.4 Å². The van der Waals surface area contributed by atoms with Crippen LogP contribution in [0.25, 0.3) is 11.0 Å². The molecule has 1 atom stereocenters. The molecule has 0 saturated heterocycles. The van der Waals surface area contributed by atoms with Crippen LogP contribution < -0.4 is 10.1 Å². The molecule has 0 spiro atoms. The SMILES string of the molecule is C[C@H](OC(=O)c1oc2ccccc2c1COc1ccccc1)C(=O)Nc1ccc2c(c1)C(=O)c1ccccc1C2=O. The van der Waals surface area contributed by atoms with E-state index in [2.05, 4.69) is 5.32 Å². The molecule has 1 amide bonds. The van der Waals surface area contributed by atoms with Crippen LogP contribution in [-0.2, 0) is 16.1 Å². The van der Waals surface area contributed by atoms with Crippen molar-refractivity contribution >= 4 is 40.1 Å². The van der Waals surface area contributed by atoms with Crippen molar-refractivity contribution in [3.05, 3.63) is 131 Å². The Morgan fingerprint density at radius 3 is 2.17 bits per heavy atom. The Hall–Kier alpha value is -5.50. The van der Waals surface area contributed by atoms with Gasteiger partial charge in [-0.1, -0.05) is 60.7 Å². The number of benzene rings is 4. The highest BCUT2D eigenvalue weighted by molar-refractivity contribution is 6.28. The summed E-state index contributed by atoms with van der Waals surface area (Å²) < 4.78 is 17.1. The fourth-order valence-corrected chi connectivity index (χ4v) is 4.77. The van der Waals surface area contributed by atoms with Crippen molar-refractivity contribution in [2.24, 2.45) is 0 Å². The maximum absolute atomic E-state index is 13.2. The molecule has 5 aromatic rings. The van der Waals surface area contributed by atoms with E-state index in [1.807, 2.05) is 30.3 Å². The number of nitrogens with one attached hydrogen (secondary N) is 1. The third kappa shape index (κ3) is 4.87. The lowest BCUT2D eigenvalue weighted by Gasteiger charge is -2.19. The van der Waals surface area contributed by atoms with Crippen LogP contribution in [0.3, 0.4) is 0 Å². The molecule has 6 rings (SSSR count). The van der Waals surface area contributed by atoms with Crippen molar-refractivity contribution in [2.75, 3.05) is 5.32 Å². The zero-order valence-electron chi connectivity index (χ0n) is 21.9. The van der Waals surface area contributed by atoms with Gasteiger partial charge in [-0.05, 0) is 43.3 Å². The summed E-state index contributed by atoms with van der Waals surface area (Å²) in [4.78, 5) is 52.0. The Labute approximate surface area is 234 Å². The van der Waals surface area contributed by atoms with Gasteiger partial charge in [-0.25, -0.2) is 4.79 Å². The molecule has 0 fully saturated rings. The van der Waals surface area contributed by atoms with Gasteiger partial charge in [0.05, 0.1) is 5.56 Å². The van der Waals surface area contributed by atoms with Gasteiger partial charge in [0.1, 0.15) is 17.9 Å². The van der Waals surface area contributed by atoms with Crippen molar-refractivity contribution in [3.63, 3.8) is 0 Å². The number of hydrogen-bond acceptors (Lipinski definition) is 7. The normalized spacial score (nSPS) is 12.8. The van der Waals surface area contributed by atoms with Gasteiger partial charge in [0.2, 0.25) is 5.76 Å². The molecule has 8 heteroatoms. The average molecular weight is 546 g/mol. The van der Waals surface area contributed by atoms with Crippen molar-refractivity contribution in [2.45, 2.75) is 19.6 Å². The summed E-state index contributed by atoms with van der Waals surface area (Å²) in [5.74, 6) is -1.43. The third-order valence-electron chi connectivity index (χ3n) is 6.86. The van der Waals surface area contributed by atoms with E-state index < -0.39 is 18.0 Å². The minimum Gasteiger partial charge on any atom is -0.489 e. The van der Waals surface area contributed by atoms with Crippen LogP contribution in [0.5, 0.6) is 5.75 Å². The van der Waals surface area contributed by atoms with Gasteiger partial charge in [-0.3, -0.25) is 14.4 Å². The second-order valence-electron chi connectivity index (χ2n) is 9.51. The minimum atomic E-state index is -1.20. The van der Waals surface area contributed by atoms with Crippen molar-refractivity contribution in [1.82, 2.24) is 0 Å². The average Bonchev–Trinajstić information content (AvgIpc) is 3.38. The summed E-state index contributed by atoms with van der Waals surface area (Å²) in [7, 11) is 0. The molecule has 41 heavy (non-hydrogen) atoms. The summed E-state index contributed by atoms with van der Waals surface area (Å²) in [5, 5.41) is 3.36. The number of furan rings is 1. The summed E-state index contributed by atoms with van der Waals surface area (Å²) in [6, 6.07) is 27.4. The Morgan fingerprint density at radius 2 is 1.41 bits per heavy atom. The zero-order valence-corrected chi connectivity index (χ0v) is 21.9. The van der Waals surface area contributed by atoms with E-state index >= 15 is 0 Å². The first kappa shape index (κ1) is 25.8. The molecule has 0 saturated carbocycles. The maximum Gasteiger partial charge on any atom is 0.375 e. The first-order chi connectivity index (χ1) is 19.9. The second-order valence-corrected chi connectivity index (χ2v) is 9.51. The number of rotatable bonds is 7. The van der Waals surface area contributed by atoms with Crippen molar-refractivity contribution in [1.29, 1.82) is 0 Å². The van der Waals surface area contributed by atoms with Crippen LogP contribution in [-0.4, -0.2) is 29.5 Å². The predicted octanol–water partition coefficient (Wildman–Crippen LogP) is 5.97. The van der Waals surface area contributed by atoms with Crippen LogP contribution in [0.2, 0.25) is 0 Å². The van der Waals surface area contributed by atoms with Crippen LogP contribution in [0.15, 0.2) is 101 Å². The molecule has 1 heterocycles. The van der Waals surface area contributed by atoms with Gasteiger partial charge in [0, 0.05) is 33.3 Å². The number of esters is 1. The van der Waals surface area contributed by atoms with Crippen LogP contribution >= 0.6 is 0 Å². The smallest absolute Gasteiger partial charge is 0.375 e. The lowest BCUT2D eigenvalue weighted by molar-refractivity contribution is -0.123.